The molecule has 148 valence electrons. The number of nitrogens with zero attached hydrogens (tertiary/aromatic N) is 3. The molecule has 1 aromatic heterocycles. The Bertz CT molecular complexity index is 1070. The SMILES string of the molecule is Cc1nnc(C2=C(C(=O)O)N3C(=O)C(=S)[C@@H]3SC2NC(=O)Cc2ccccc2)s1. The average Bonchev–Trinajstić information content (AvgIpc) is 3.12. The van der Waals surface area contributed by atoms with Gasteiger partial charge in [-0.15, -0.1) is 22.0 Å². The minimum Gasteiger partial charge on any atom is -0.477 e. The van der Waals surface area contributed by atoms with Crippen molar-refractivity contribution in [2.75, 3.05) is 0 Å². The first-order valence-corrected chi connectivity index (χ1v) is 10.7. The first-order chi connectivity index (χ1) is 13.9. The first-order valence-electron chi connectivity index (χ1n) is 8.51. The Morgan fingerprint density at radius 2 is 2.00 bits per heavy atom. The van der Waals surface area contributed by atoms with Crippen LogP contribution in [0.4, 0.5) is 0 Å². The van der Waals surface area contributed by atoms with E-state index in [9.17, 15) is 19.5 Å². The molecule has 2 N–H and O–H groups in total. The van der Waals surface area contributed by atoms with Crippen LogP contribution in [-0.2, 0) is 20.8 Å². The summed E-state index contributed by atoms with van der Waals surface area (Å²) in [4.78, 5) is 38.2. The molecule has 1 saturated heterocycles. The lowest BCUT2D eigenvalue weighted by Crippen LogP contribution is -2.63. The van der Waals surface area contributed by atoms with Crippen LogP contribution in [-0.4, -0.2) is 53.6 Å². The molecule has 3 heterocycles. The van der Waals surface area contributed by atoms with Crippen molar-refractivity contribution in [1.82, 2.24) is 20.4 Å². The summed E-state index contributed by atoms with van der Waals surface area (Å²) in [5.74, 6) is -2.07. The number of aryl methyl sites for hydroxylation is 1. The van der Waals surface area contributed by atoms with Gasteiger partial charge in [-0.3, -0.25) is 14.5 Å². The van der Waals surface area contributed by atoms with Crippen molar-refractivity contribution in [2.45, 2.75) is 24.1 Å². The lowest BCUT2D eigenvalue weighted by Gasteiger charge is -2.46. The number of carbonyl (C=O) groups is 3. The molecular weight excluding hydrogens is 432 g/mol. The molecule has 2 aliphatic rings. The highest BCUT2D eigenvalue weighted by atomic mass is 32.2. The second kappa shape index (κ2) is 7.65. The highest BCUT2D eigenvalue weighted by Gasteiger charge is 2.53. The van der Waals surface area contributed by atoms with E-state index in [1.165, 1.54) is 23.1 Å². The van der Waals surface area contributed by atoms with E-state index in [0.717, 1.165) is 10.5 Å². The molecule has 0 spiro atoms. The number of amides is 2. The van der Waals surface area contributed by atoms with Crippen molar-refractivity contribution in [1.29, 1.82) is 0 Å². The van der Waals surface area contributed by atoms with E-state index in [4.69, 9.17) is 12.2 Å². The topological polar surface area (TPSA) is 112 Å². The number of hydrogen-bond donors (Lipinski definition) is 2. The van der Waals surface area contributed by atoms with Gasteiger partial charge >= 0.3 is 5.97 Å². The molecule has 0 bridgehead atoms. The van der Waals surface area contributed by atoms with Gasteiger partial charge in [-0.25, -0.2) is 4.79 Å². The smallest absolute Gasteiger partial charge is 0.353 e. The zero-order valence-electron chi connectivity index (χ0n) is 15.0. The highest BCUT2D eigenvalue weighted by Crippen LogP contribution is 2.45. The quantitative estimate of drug-likeness (QED) is 0.526. The van der Waals surface area contributed by atoms with E-state index in [1.807, 2.05) is 30.3 Å². The van der Waals surface area contributed by atoms with Crippen LogP contribution in [0.2, 0.25) is 0 Å². The summed E-state index contributed by atoms with van der Waals surface area (Å²) >= 11 is 7.52. The Labute approximate surface area is 179 Å². The number of aromatic nitrogens is 2. The van der Waals surface area contributed by atoms with Gasteiger partial charge in [0.25, 0.3) is 5.91 Å². The first kappa shape index (κ1) is 19.7. The predicted molar refractivity (Wildman–Crippen MR) is 112 cm³/mol. The molecule has 11 heteroatoms. The second-order valence-corrected chi connectivity index (χ2v) is 9.14. The van der Waals surface area contributed by atoms with Crippen LogP contribution in [0, 0.1) is 6.92 Å². The Morgan fingerprint density at radius 1 is 1.28 bits per heavy atom. The number of fused-ring (bicyclic) bond motifs is 1. The van der Waals surface area contributed by atoms with Crippen LogP contribution in [0.3, 0.4) is 0 Å². The lowest BCUT2D eigenvalue weighted by molar-refractivity contribution is -0.138. The third-order valence-corrected chi connectivity index (χ3v) is 7.12. The van der Waals surface area contributed by atoms with E-state index < -0.39 is 22.6 Å². The number of carbonyl (C=O) groups excluding carboxylic acids is 2. The summed E-state index contributed by atoms with van der Waals surface area (Å²) < 4.78 is 0. The highest BCUT2D eigenvalue weighted by molar-refractivity contribution is 8.03. The van der Waals surface area contributed by atoms with Crippen molar-refractivity contribution in [3.63, 3.8) is 0 Å². The summed E-state index contributed by atoms with van der Waals surface area (Å²) in [7, 11) is 0. The Morgan fingerprint density at radius 3 is 2.62 bits per heavy atom. The van der Waals surface area contributed by atoms with Crippen molar-refractivity contribution in [3.05, 3.63) is 51.6 Å². The predicted octanol–water partition coefficient (Wildman–Crippen LogP) is 1.61. The van der Waals surface area contributed by atoms with Crippen molar-refractivity contribution in [3.8, 4) is 0 Å². The molecule has 8 nitrogen and oxygen atoms in total. The molecule has 2 atom stereocenters. The number of carboxylic acids is 1. The molecule has 2 amide bonds. The number of β-lactam (4-membered cyclic amide) rings is 1. The van der Waals surface area contributed by atoms with Gasteiger partial charge < -0.3 is 10.4 Å². The number of thioether (sulfide) groups is 1. The molecule has 2 aromatic rings. The zero-order valence-corrected chi connectivity index (χ0v) is 17.4. The Kier molecular flexibility index (Phi) is 5.19. The van der Waals surface area contributed by atoms with Gasteiger partial charge in [0.1, 0.15) is 31.3 Å². The second-order valence-electron chi connectivity index (χ2n) is 6.33. The van der Waals surface area contributed by atoms with Crippen LogP contribution in [0.5, 0.6) is 0 Å². The fourth-order valence-corrected chi connectivity index (χ4v) is 5.67. The third-order valence-electron chi connectivity index (χ3n) is 4.37. The van der Waals surface area contributed by atoms with E-state index in [1.54, 1.807) is 6.92 Å². The number of benzene rings is 1. The molecule has 4 rings (SSSR count). The number of aliphatic carboxylic acids is 1. The molecule has 0 saturated carbocycles. The van der Waals surface area contributed by atoms with Gasteiger partial charge in [0, 0.05) is 0 Å². The number of carboxylic acid groups (broad SMARTS) is 1. The lowest BCUT2D eigenvalue weighted by atomic mass is 10.1. The zero-order chi connectivity index (χ0) is 20.7. The molecule has 2 aliphatic heterocycles. The number of rotatable bonds is 5. The van der Waals surface area contributed by atoms with Crippen LogP contribution in [0.15, 0.2) is 36.0 Å². The van der Waals surface area contributed by atoms with Crippen LogP contribution in [0.1, 0.15) is 15.6 Å². The van der Waals surface area contributed by atoms with Crippen molar-refractivity contribution in [2.24, 2.45) is 0 Å². The number of nitrogens with one attached hydrogen (secondary N) is 1. The maximum atomic E-state index is 12.7. The van der Waals surface area contributed by atoms with Gasteiger partial charge in [-0.1, -0.05) is 53.9 Å². The molecule has 0 aliphatic carbocycles. The maximum Gasteiger partial charge on any atom is 0.353 e. The van der Waals surface area contributed by atoms with Crippen LogP contribution < -0.4 is 5.32 Å². The molecule has 1 fully saturated rings. The average molecular weight is 447 g/mol. The van der Waals surface area contributed by atoms with E-state index in [-0.39, 0.29) is 28.5 Å². The van der Waals surface area contributed by atoms with E-state index >= 15 is 0 Å². The summed E-state index contributed by atoms with van der Waals surface area (Å²) in [6, 6.07) is 9.21. The fraction of sp³-hybridized carbons (Fsp3) is 0.222. The summed E-state index contributed by atoms with van der Waals surface area (Å²) in [6.45, 7) is 1.74. The minimum absolute atomic E-state index is 0.139. The van der Waals surface area contributed by atoms with E-state index in [2.05, 4.69) is 15.5 Å². The van der Waals surface area contributed by atoms with Crippen LogP contribution in [0.25, 0.3) is 5.57 Å². The molecule has 0 radical (unpaired) electrons. The summed E-state index contributed by atoms with van der Waals surface area (Å²) in [5.41, 5.74) is 0.868. The molecule has 29 heavy (non-hydrogen) atoms. The number of thiocarbonyl (C=S) groups is 1. The Balaban J connectivity index is 1.71. The summed E-state index contributed by atoms with van der Waals surface area (Å²) in [6.07, 6.45) is 0.139. The molecule has 1 aromatic carbocycles. The third kappa shape index (κ3) is 3.56. The standard InChI is InChI=1S/C18H14N4O4S3/c1-8-20-21-15(28-8)11-12(18(25)26)22-16(24)13(27)17(22)29-14(11)19-10(23)7-9-5-3-2-4-6-9/h2-6,14,17H,7H2,1H3,(H,19,23)(H,25,26)/t14?,17-/m0/s1. The fourth-order valence-electron chi connectivity index (χ4n) is 3.10. The summed E-state index contributed by atoms with van der Waals surface area (Å²) in [5, 5.41) is 20.4. The largest absolute Gasteiger partial charge is 0.477 e. The molecular formula is C18H14N4O4S3. The van der Waals surface area contributed by atoms with Gasteiger partial charge in [-0.05, 0) is 12.5 Å². The van der Waals surface area contributed by atoms with Gasteiger partial charge in [0.05, 0.1) is 12.0 Å². The van der Waals surface area contributed by atoms with Crippen LogP contribution >= 0.6 is 35.3 Å². The molecule has 1 unspecified atom stereocenters. The maximum absolute atomic E-state index is 12.7. The van der Waals surface area contributed by atoms with Crippen molar-refractivity contribution >= 4 is 63.5 Å². The van der Waals surface area contributed by atoms with Crippen molar-refractivity contribution < 1.29 is 19.5 Å². The van der Waals surface area contributed by atoms with E-state index in [0.29, 0.717) is 10.0 Å². The number of hydrogen-bond acceptors (Lipinski definition) is 8. The van der Waals surface area contributed by atoms with Gasteiger partial charge in [0.2, 0.25) is 5.91 Å². The monoisotopic (exact) mass is 446 g/mol. The Hall–Kier alpha value is -2.63. The van der Waals surface area contributed by atoms with Gasteiger partial charge in [0.15, 0.2) is 0 Å². The normalized spacial score (nSPS) is 20.9. The minimum atomic E-state index is -1.28. The van der Waals surface area contributed by atoms with Gasteiger partial charge in [-0.2, -0.15) is 0 Å².